The quantitative estimate of drug-likeness (QED) is 0.825. The summed E-state index contributed by atoms with van der Waals surface area (Å²) in [5, 5.41) is 0. The molecule has 0 aliphatic heterocycles. The van der Waals surface area contributed by atoms with Crippen LogP contribution < -0.4 is 0 Å². The molecule has 2 unspecified atom stereocenters. The number of carbonyl (C=O) groups excluding carboxylic acids is 1. The Balaban J connectivity index is 1.90. The molecule has 1 aromatic heterocycles. The van der Waals surface area contributed by atoms with E-state index in [0.29, 0.717) is 18.1 Å². The van der Waals surface area contributed by atoms with Gasteiger partial charge in [0.1, 0.15) is 11.6 Å². The summed E-state index contributed by atoms with van der Waals surface area (Å²) in [7, 11) is 0. The maximum Gasteiger partial charge on any atom is 0.143 e. The largest absolute Gasteiger partial charge is 0.348 e. The summed E-state index contributed by atoms with van der Waals surface area (Å²) in [6.45, 7) is 2.24. The Bertz CT molecular complexity index is 318. The molecule has 2 rings (SSSR count). The summed E-state index contributed by atoms with van der Waals surface area (Å²) < 4.78 is 0. The summed E-state index contributed by atoms with van der Waals surface area (Å²) >= 11 is 0. The number of hydrogen-bond acceptors (Lipinski definition) is 2. The molecule has 3 heteroatoms. The van der Waals surface area contributed by atoms with E-state index < -0.39 is 0 Å². The van der Waals surface area contributed by atoms with E-state index in [1.165, 1.54) is 12.8 Å². The van der Waals surface area contributed by atoms with Crippen LogP contribution in [0.15, 0.2) is 12.4 Å². The molecule has 1 fully saturated rings. The van der Waals surface area contributed by atoms with Crippen molar-refractivity contribution in [3.63, 3.8) is 0 Å². The standard InChI is InChI=1S/C12H18N2O/c1-9-3-2-4-10(7-9)11(15)8-12-13-5-6-14-12/h5-6,9-10H,2-4,7-8H2,1H3,(H,13,14). The first kappa shape index (κ1) is 10.4. The van der Waals surface area contributed by atoms with Gasteiger partial charge in [-0.2, -0.15) is 0 Å². The van der Waals surface area contributed by atoms with Crippen LogP contribution >= 0.6 is 0 Å². The Morgan fingerprint density at radius 1 is 1.60 bits per heavy atom. The van der Waals surface area contributed by atoms with Crippen molar-refractivity contribution in [1.29, 1.82) is 0 Å². The molecule has 1 aromatic rings. The van der Waals surface area contributed by atoms with Crippen molar-refractivity contribution in [3.05, 3.63) is 18.2 Å². The molecule has 0 aromatic carbocycles. The fourth-order valence-corrected chi connectivity index (χ4v) is 2.43. The monoisotopic (exact) mass is 206 g/mol. The summed E-state index contributed by atoms with van der Waals surface area (Å²) in [6.07, 6.45) is 8.58. The molecule has 15 heavy (non-hydrogen) atoms. The highest BCUT2D eigenvalue weighted by Crippen LogP contribution is 2.29. The lowest BCUT2D eigenvalue weighted by Crippen LogP contribution is -2.23. The number of imidazole rings is 1. The molecular weight excluding hydrogens is 188 g/mol. The average molecular weight is 206 g/mol. The number of rotatable bonds is 3. The Labute approximate surface area is 90.3 Å². The second-order valence-electron chi connectivity index (χ2n) is 4.65. The van der Waals surface area contributed by atoms with Crippen molar-refractivity contribution < 1.29 is 4.79 Å². The second kappa shape index (κ2) is 4.60. The Morgan fingerprint density at radius 2 is 2.47 bits per heavy atom. The predicted octanol–water partition coefficient (Wildman–Crippen LogP) is 2.35. The predicted molar refractivity (Wildman–Crippen MR) is 58.4 cm³/mol. The van der Waals surface area contributed by atoms with Gasteiger partial charge >= 0.3 is 0 Å². The molecule has 2 atom stereocenters. The molecule has 0 radical (unpaired) electrons. The van der Waals surface area contributed by atoms with Crippen LogP contribution in [0.4, 0.5) is 0 Å². The zero-order valence-electron chi connectivity index (χ0n) is 9.20. The van der Waals surface area contributed by atoms with E-state index in [1.54, 1.807) is 12.4 Å². The SMILES string of the molecule is CC1CCCC(C(=O)Cc2ncc[nH]2)C1. The van der Waals surface area contributed by atoms with Crippen LogP contribution in [-0.2, 0) is 11.2 Å². The van der Waals surface area contributed by atoms with Gasteiger partial charge in [0.2, 0.25) is 0 Å². The minimum atomic E-state index is 0.277. The molecule has 1 aliphatic carbocycles. The normalized spacial score (nSPS) is 26.5. The lowest BCUT2D eigenvalue weighted by molar-refractivity contribution is -0.123. The van der Waals surface area contributed by atoms with Crippen LogP contribution in [0.1, 0.15) is 38.4 Å². The topological polar surface area (TPSA) is 45.8 Å². The van der Waals surface area contributed by atoms with Crippen LogP contribution in [0, 0.1) is 11.8 Å². The van der Waals surface area contributed by atoms with Crippen molar-refractivity contribution in [2.45, 2.75) is 39.0 Å². The van der Waals surface area contributed by atoms with E-state index in [0.717, 1.165) is 18.7 Å². The van der Waals surface area contributed by atoms with Crippen LogP contribution in [0.2, 0.25) is 0 Å². The maximum absolute atomic E-state index is 12.0. The van der Waals surface area contributed by atoms with E-state index in [4.69, 9.17) is 0 Å². The highest BCUT2D eigenvalue weighted by Gasteiger charge is 2.25. The smallest absolute Gasteiger partial charge is 0.143 e. The molecule has 1 aliphatic rings. The van der Waals surface area contributed by atoms with E-state index in [1.807, 2.05) is 0 Å². The van der Waals surface area contributed by atoms with Crippen LogP contribution in [0.25, 0.3) is 0 Å². The number of carbonyl (C=O) groups is 1. The van der Waals surface area contributed by atoms with E-state index >= 15 is 0 Å². The Morgan fingerprint density at radius 3 is 3.13 bits per heavy atom. The molecule has 0 bridgehead atoms. The average Bonchev–Trinajstić information content (AvgIpc) is 2.70. The summed E-state index contributed by atoms with van der Waals surface area (Å²) in [6, 6.07) is 0. The third kappa shape index (κ3) is 2.67. The fraction of sp³-hybridized carbons (Fsp3) is 0.667. The number of aromatic nitrogens is 2. The van der Waals surface area contributed by atoms with Crippen molar-refractivity contribution in [2.75, 3.05) is 0 Å². The number of hydrogen-bond donors (Lipinski definition) is 1. The van der Waals surface area contributed by atoms with Gasteiger partial charge in [0.05, 0.1) is 6.42 Å². The maximum atomic E-state index is 12.0. The van der Waals surface area contributed by atoms with E-state index in [2.05, 4.69) is 16.9 Å². The highest BCUT2D eigenvalue weighted by atomic mass is 16.1. The first-order chi connectivity index (χ1) is 7.25. The van der Waals surface area contributed by atoms with Crippen LogP contribution in [-0.4, -0.2) is 15.8 Å². The van der Waals surface area contributed by atoms with Gasteiger partial charge in [-0.05, 0) is 18.8 Å². The fourth-order valence-electron chi connectivity index (χ4n) is 2.43. The van der Waals surface area contributed by atoms with Gasteiger partial charge in [-0.3, -0.25) is 4.79 Å². The van der Waals surface area contributed by atoms with Crippen LogP contribution in [0.3, 0.4) is 0 Å². The number of aromatic amines is 1. The van der Waals surface area contributed by atoms with Gasteiger partial charge in [0.15, 0.2) is 0 Å². The molecule has 82 valence electrons. The summed E-state index contributed by atoms with van der Waals surface area (Å²) in [5.74, 6) is 2.15. The molecule has 1 saturated carbocycles. The molecule has 0 amide bonds. The summed E-state index contributed by atoms with van der Waals surface area (Å²) in [5.41, 5.74) is 0. The van der Waals surface area contributed by atoms with Gasteiger partial charge in [-0.15, -0.1) is 0 Å². The third-order valence-corrected chi connectivity index (χ3v) is 3.29. The second-order valence-corrected chi connectivity index (χ2v) is 4.65. The molecule has 0 spiro atoms. The van der Waals surface area contributed by atoms with Crippen molar-refractivity contribution in [1.82, 2.24) is 9.97 Å². The minimum absolute atomic E-state index is 0.277. The Hall–Kier alpha value is -1.12. The van der Waals surface area contributed by atoms with Crippen molar-refractivity contribution in [3.8, 4) is 0 Å². The van der Waals surface area contributed by atoms with Gasteiger partial charge in [-0.25, -0.2) is 4.98 Å². The van der Waals surface area contributed by atoms with Crippen molar-refractivity contribution in [2.24, 2.45) is 11.8 Å². The number of ketones is 1. The molecular formula is C12H18N2O. The van der Waals surface area contributed by atoms with Gasteiger partial charge < -0.3 is 4.98 Å². The van der Waals surface area contributed by atoms with Gasteiger partial charge in [0.25, 0.3) is 0 Å². The number of H-pyrrole nitrogens is 1. The lowest BCUT2D eigenvalue weighted by Gasteiger charge is -2.25. The highest BCUT2D eigenvalue weighted by molar-refractivity contribution is 5.82. The first-order valence-electron chi connectivity index (χ1n) is 5.76. The van der Waals surface area contributed by atoms with Crippen LogP contribution in [0.5, 0.6) is 0 Å². The zero-order chi connectivity index (χ0) is 10.7. The minimum Gasteiger partial charge on any atom is -0.348 e. The third-order valence-electron chi connectivity index (χ3n) is 3.29. The zero-order valence-corrected chi connectivity index (χ0v) is 9.20. The van der Waals surface area contributed by atoms with E-state index in [-0.39, 0.29) is 5.92 Å². The summed E-state index contributed by atoms with van der Waals surface area (Å²) in [4.78, 5) is 19.0. The molecule has 0 saturated heterocycles. The first-order valence-corrected chi connectivity index (χ1v) is 5.76. The molecule has 1 N–H and O–H groups in total. The molecule has 1 heterocycles. The number of Topliss-reactive ketones (excluding diaryl/α,β-unsaturated/α-hetero) is 1. The lowest BCUT2D eigenvalue weighted by atomic mass is 9.79. The van der Waals surface area contributed by atoms with E-state index in [9.17, 15) is 4.79 Å². The number of nitrogens with one attached hydrogen (secondary N) is 1. The number of nitrogens with zero attached hydrogens (tertiary/aromatic N) is 1. The van der Waals surface area contributed by atoms with Crippen molar-refractivity contribution >= 4 is 5.78 Å². The van der Waals surface area contributed by atoms with Gasteiger partial charge in [0, 0.05) is 18.3 Å². The Kier molecular flexibility index (Phi) is 3.19. The molecule has 3 nitrogen and oxygen atoms in total. The van der Waals surface area contributed by atoms with Gasteiger partial charge in [-0.1, -0.05) is 19.8 Å².